The Balaban J connectivity index is 1.64. The smallest absolute Gasteiger partial charge is 0.137 e. The number of hydrogen-bond acceptors (Lipinski definition) is 4. The molecular weight excluding hydrogens is 413 g/mol. The van der Waals surface area contributed by atoms with E-state index >= 15 is 0 Å². The number of piperazine rings is 1. The normalized spacial score (nSPS) is 14.9. The molecule has 0 saturated carbocycles. The van der Waals surface area contributed by atoms with Crippen LogP contribution in [0.2, 0.25) is 0 Å². The van der Waals surface area contributed by atoms with E-state index in [1.54, 1.807) is 0 Å². The van der Waals surface area contributed by atoms with Crippen LogP contribution in [0.4, 0.5) is 10.2 Å². The van der Waals surface area contributed by atoms with Gasteiger partial charge in [0.2, 0.25) is 0 Å². The van der Waals surface area contributed by atoms with E-state index < -0.39 is 0 Å². The van der Waals surface area contributed by atoms with Crippen LogP contribution < -0.4 is 4.90 Å². The number of likely N-dealkylation sites (N-methyl/N-ethyl adjacent to an activating group) is 1. The van der Waals surface area contributed by atoms with Crippen molar-refractivity contribution in [3.05, 3.63) is 77.2 Å². The number of halogens is 1. The van der Waals surface area contributed by atoms with E-state index in [0.717, 1.165) is 75.9 Å². The Morgan fingerprint density at radius 2 is 1.64 bits per heavy atom. The molecule has 33 heavy (non-hydrogen) atoms. The molecule has 1 aromatic heterocycles. The highest BCUT2D eigenvalue weighted by Crippen LogP contribution is 2.30. The van der Waals surface area contributed by atoms with Gasteiger partial charge >= 0.3 is 0 Å². The second kappa shape index (κ2) is 10.9. The van der Waals surface area contributed by atoms with Crippen molar-refractivity contribution < 1.29 is 4.39 Å². The molecule has 5 nitrogen and oxygen atoms in total. The number of aromatic nitrogens is 2. The molecule has 0 N–H and O–H groups in total. The topological polar surface area (TPSA) is 27.5 Å². The number of rotatable bonds is 9. The monoisotopic (exact) mass is 449 g/mol. The predicted molar refractivity (Wildman–Crippen MR) is 134 cm³/mol. The number of nitrogens with zero attached hydrogens (tertiary/aromatic N) is 5. The van der Waals surface area contributed by atoms with Gasteiger partial charge in [-0.15, -0.1) is 0 Å². The molecule has 1 aliphatic heterocycles. The van der Waals surface area contributed by atoms with E-state index in [9.17, 15) is 4.39 Å². The average Bonchev–Trinajstić information content (AvgIpc) is 3.15. The van der Waals surface area contributed by atoms with Crippen molar-refractivity contribution in [3.8, 4) is 5.69 Å². The summed E-state index contributed by atoms with van der Waals surface area (Å²) in [6, 6.07) is 17.4. The molecule has 0 unspecified atom stereocenters. The lowest BCUT2D eigenvalue weighted by Crippen LogP contribution is -2.45. The number of hydrogen-bond donors (Lipinski definition) is 0. The van der Waals surface area contributed by atoms with Gasteiger partial charge in [-0.3, -0.25) is 4.90 Å². The Bertz CT molecular complexity index is 1010. The molecule has 0 spiro atoms. The molecule has 2 aromatic carbocycles. The molecule has 1 fully saturated rings. The maximum atomic E-state index is 13.6. The van der Waals surface area contributed by atoms with Crippen molar-refractivity contribution in [1.82, 2.24) is 19.6 Å². The molecule has 0 atom stereocenters. The number of aryl methyl sites for hydroxylation is 1. The SMILES string of the molecule is CCCN(CCc1ccccc1)Cc1c(C)nn(-c2ccc(F)cc2)c1N1CCN(C)CC1. The standard InChI is InChI=1S/C27H36FN5/c1-4-15-31(16-14-23-8-6-5-7-9-23)21-26-22(2)29-33(25-12-10-24(28)11-13-25)27(26)32-19-17-30(3)18-20-32/h5-13H,4,14-21H2,1-3H3. The highest BCUT2D eigenvalue weighted by atomic mass is 19.1. The molecule has 0 bridgehead atoms. The summed E-state index contributed by atoms with van der Waals surface area (Å²) >= 11 is 0. The second-order valence-electron chi connectivity index (χ2n) is 9.08. The van der Waals surface area contributed by atoms with Crippen LogP contribution in [0.5, 0.6) is 0 Å². The van der Waals surface area contributed by atoms with Crippen LogP contribution in [0.25, 0.3) is 5.69 Å². The Hall–Kier alpha value is -2.70. The first-order valence-corrected chi connectivity index (χ1v) is 12.1. The summed E-state index contributed by atoms with van der Waals surface area (Å²) in [7, 11) is 2.17. The van der Waals surface area contributed by atoms with Crippen LogP contribution in [0.3, 0.4) is 0 Å². The van der Waals surface area contributed by atoms with Gasteiger partial charge in [0.1, 0.15) is 11.6 Å². The number of benzene rings is 2. The fourth-order valence-electron chi connectivity index (χ4n) is 4.58. The zero-order chi connectivity index (χ0) is 23.2. The summed E-state index contributed by atoms with van der Waals surface area (Å²) in [4.78, 5) is 7.37. The van der Waals surface area contributed by atoms with Crippen molar-refractivity contribution in [1.29, 1.82) is 0 Å². The van der Waals surface area contributed by atoms with E-state index in [2.05, 4.69) is 65.9 Å². The molecular formula is C27H36FN5. The lowest BCUT2D eigenvalue weighted by Gasteiger charge is -2.35. The highest BCUT2D eigenvalue weighted by Gasteiger charge is 2.25. The molecule has 1 aliphatic rings. The molecule has 176 valence electrons. The predicted octanol–water partition coefficient (Wildman–Crippen LogP) is 4.53. The summed E-state index contributed by atoms with van der Waals surface area (Å²) in [6.45, 7) is 11.3. The largest absolute Gasteiger partial charge is 0.354 e. The van der Waals surface area contributed by atoms with Gasteiger partial charge < -0.3 is 9.80 Å². The van der Waals surface area contributed by atoms with Gasteiger partial charge in [0, 0.05) is 44.8 Å². The lowest BCUT2D eigenvalue weighted by molar-refractivity contribution is 0.268. The zero-order valence-electron chi connectivity index (χ0n) is 20.2. The lowest BCUT2D eigenvalue weighted by atomic mass is 10.1. The van der Waals surface area contributed by atoms with Gasteiger partial charge in [0.25, 0.3) is 0 Å². The molecule has 1 saturated heterocycles. The minimum Gasteiger partial charge on any atom is -0.354 e. The van der Waals surface area contributed by atoms with Gasteiger partial charge in [-0.05, 0) is 63.2 Å². The van der Waals surface area contributed by atoms with Crippen molar-refractivity contribution in [2.24, 2.45) is 0 Å². The van der Waals surface area contributed by atoms with Crippen LogP contribution in [0, 0.1) is 12.7 Å². The van der Waals surface area contributed by atoms with E-state index in [0.29, 0.717) is 0 Å². The van der Waals surface area contributed by atoms with Crippen molar-refractivity contribution in [2.75, 3.05) is 51.2 Å². The summed E-state index contributed by atoms with van der Waals surface area (Å²) in [5, 5.41) is 4.95. The van der Waals surface area contributed by atoms with E-state index in [-0.39, 0.29) is 5.82 Å². The Morgan fingerprint density at radius 1 is 0.939 bits per heavy atom. The van der Waals surface area contributed by atoms with Gasteiger partial charge in [-0.2, -0.15) is 5.10 Å². The average molecular weight is 450 g/mol. The molecule has 3 aromatic rings. The van der Waals surface area contributed by atoms with Crippen LogP contribution in [0.1, 0.15) is 30.2 Å². The van der Waals surface area contributed by atoms with Crippen molar-refractivity contribution >= 4 is 5.82 Å². The summed E-state index contributed by atoms with van der Waals surface area (Å²) in [5.41, 5.74) is 4.61. The van der Waals surface area contributed by atoms with Crippen LogP contribution in [-0.2, 0) is 13.0 Å². The van der Waals surface area contributed by atoms with E-state index in [1.807, 2.05) is 16.8 Å². The molecule has 0 radical (unpaired) electrons. The zero-order valence-corrected chi connectivity index (χ0v) is 20.2. The Morgan fingerprint density at radius 3 is 2.30 bits per heavy atom. The van der Waals surface area contributed by atoms with Crippen molar-refractivity contribution in [3.63, 3.8) is 0 Å². The third-order valence-electron chi connectivity index (χ3n) is 6.51. The molecule has 4 rings (SSSR count). The third kappa shape index (κ3) is 5.81. The quantitative estimate of drug-likeness (QED) is 0.480. The van der Waals surface area contributed by atoms with Crippen LogP contribution in [0.15, 0.2) is 54.6 Å². The van der Waals surface area contributed by atoms with Gasteiger partial charge in [0.05, 0.1) is 11.4 Å². The van der Waals surface area contributed by atoms with Crippen LogP contribution >= 0.6 is 0 Å². The maximum Gasteiger partial charge on any atom is 0.137 e. The number of anilines is 1. The first-order chi connectivity index (χ1) is 16.0. The Kier molecular flexibility index (Phi) is 7.78. The van der Waals surface area contributed by atoms with Gasteiger partial charge in [-0.1, -0.05) is 37.3 Å². The fourth-order valence-corrected chi connectivity index (χ4v) is 4.58. The van der Waals surface area contributed by atoms with Gasteiger partial charge in [-0.25, -0.2) is 9.07 Å². The summed E-state index contributed by atoms with van der Waals surface area (Å²) < 4.78 is 15.6. The van der Waals surface area contributed by atoms with E-state index in [1.165, 1.54) is 23.3 Å². The minimum atomic E-state index is -0.223. The fraction of sp³-hybridized carbons (Fsp3) is 0.444. The third-order valence-corrected chi connectivity index (χ3v) is 6.51. The van der Waals surface area contributed by atoms with E-state index in [4.69, 9.17) is 5.10 Å². The summed E-state index contributed by atoms with van der Waals surface area (Å²) in [5.74, 6) is 0.937. The van der Waals surface area contributed by atoms with Gasteiger partial charge in [0.15, 0.2) is 0 Å². The second-order valence-corrected chi connectivity index (χ2v) is 9.08. The molecule has 0 amide bonds. The molecule has 2 heterocycles. The van der Waals surface area contributed by atoms with Crippen molar-refractivity contribution in [2.45, 2.75) is 33.2 Å². The first kappa shape index (κ1) is 23.5. The minimum absolute atomic E-state index is 0.223. The maximum absolute atomic E-state index is 13.6. The molecule has 0 aliphatic carbocycles. The Labute approximate surface area is 197 Å². The summed E-state index contributed by atoms with van der Waals surface area (Å²) in [6.07, 6.45) is 2.15. The molecule has 6 heteroatoms. The first-order valence-electron chi connectivity index (χ1n) is 12.1. The van der Waals surface area contributed by atoms with Crippen LogP contribution in [-0.4, -0.2) is 65.9 Å². The highest BCUT2D eigenvalue weighted by molar-refractivity contribution is 5.55.